The van der Waals surface area contributed by atoms with Crippen molar-refractivity contribution in [1.29, 1.82) is 0 Å². The number of hydrogen-bond donors (Lipinski definition) is 1. The van der Waals surface area contributed by atoms with Crippen LogP contribution in [0.3, 0.4) is 0 Å². The van der Waals surface area contributed by atoms with Gasteiger partial charge in [0.1, 0.15) is 16.4 Å². The molecule has 1 saturated carbocycles. The minimum absolute atomic E-state index is 0.0188. The predicted octanol–water partition coefficient (Wildman–Crippen LogP) is 6.28. The lowest BCUT2D eigenvalue weighted by atomic mass is 9.79. The Morgan fingerprint density at radius 2 is 1.86 bits per heavy atom. The molecule has 156 valence electrons. The fraction of sp³-hybridized carbons (Fsp3) is 0.478. The van der Waals surface area contributed by atoms with Gasteiger partial charge in [0.05, 0.1) is 7.11 Å². The molecule has 0 bridgehead atoms. The second-order valence-corrected chi connectivity index (χ2v) is 8.58. The van der Waals surface area contributed by atoms with Gasteiger partial charge in [-0.3, -0.25) is 4.79 Å². The van der Waals surface area contributed by atoms with E-state index in [4.69, 9.17) is 4.74 Å². The van der Waals surface area contributed by atoms with Gasteiger partial charge in [0, 0.05) is 16.9 Å². The van der Waals surface area contributed by atoms with Gasteiger partial charge in [-0.05, 0) is 49.3 Å². The van der Waals surface area contributed by atoms with Gasteiger partial charge in [-0.25, -0.2) is 9.18 Å². The number of anilines is 1. The van der Waals surface area contributed by atoms with E-state index < -0.39 is 5.97 Å². The second-order valence-electron chi connectivity index (χ2n) is 7.70. The molecule has 1 heterocycles. The number of unbranched alkanes of at least 4 members (excludes halogenated alkanes) is 1. The number of methoxy groups -OCH3 is 1. The van der Waals surface area contributed by atoms with Crippen molar-refractivity contribution in [1.82, 2.24) is 0 Å². The van der Waals surface area contributed by atoms with Crippen molar-refractivity contribution in [3.63, 3.8) is 0 Å². The quantitative estimate of drug-likeness (QED) is 0.540. The zero-order valence-electron chi connectivity index (χ0n) is 17.0. The average Bonchev–Trinajstić information content (AvgIpc) is 3.16. The summed E-state index contributed by atoms with van der Waals surface area (Å²) >= 11 is 1.30. The van der Waals surface area contributed by atoms with Gasteiger partial charge >= 0.3 is 5.97 Å². The molecule has 4 nitrogen and oxygen atoms in total. The number of esters is 1. The normalized spacial score (nSPS) is 19.0. The van der Waals surface area contributed by atoms with E-state index in [0.29, 0.717) is 21.7 Å². The van der Waals surface area contributed by atoms with Crippen molar-refractivity contribution in [2.24, 2.45) is 11.8 Å². The maximum atomic E-state index is 13.3. The highest BCUT2D eigenvalue weighted by atomic mass is 32.1. The van der Waals surface area contributed by atoms with Crippen LogP contribution in [-0.4, -0.2) is 19.0 Å². The third kappa shape index (κ3) is 5.24. The largest absolute Gasteiger partial charge is 0.465 e. The van der Waals surface area contributed by atoms with Crippen LogP contribution in [0.5, 0.6) is 0 Å². The van der Waals surface area contributed by atoms with Gasteiger partial charge in [-0.15, -0.1) is 11.3 Å². The summed E-state index contributed by atoms with van der Waals surface area (Å²) in [5, 5.41) is 5.26. The van der Waals surface area contributed by atoms with E-state index in [-0.39, 0.29) is 17.6 Å². The van der Waals surface area contributed by atoms with E-state index in [1.165, 1.54) is 49.8 Å². The van der Waals surface area contributed by atoms with Crippen LogP contribution in [-0.2, 0) is 9.53 Å². The number of halogens is 1. The highest BCUT2D eigenvalue weighted by Gasteiger charge is 2.28. The summed E-state index contributed by atoms with van der Waals surface area (Å²) in [6.45, 7) is 2.21. The zero-order valence-corrected chi connectivity index (χ0v) is 17.8. The van der Waals surface area contributed by atoms with E-state index >= 15 is 0 Å². The van der Waals surface area contributed by atoms with Crippen molar-refractivity contribution in [3.8, 4) is 11.1 Å². The summed E-state index contributed by atoms with van der Waals surface area (Å²) < 4.78 is 18.2. The summed E-state index contributed by atoms with van der Waals surface area (Å²) in [5.41, 5.74) is 1.68. The molecule has 1 aromatic carbocycles. The summed E-state index contributed by atoms with van der Waals surface area (Å²) in [5.74, 6) is -0.168. The first kappa shape index (κ1) is 21.5. The van der Waals surface area contributed by atoms with Crippen LogP contribution in [0.4, 0.5) is 9.39 Å². The van der Waals surface area contributed by atoms with Crippen LogP contribution >= 0.6 is 11.3 Å². The van der Waals surface area contributed by atoms with Crippen LogP contribution in [0, 0.1) is 17.7 Å². The number of carbonyl (C=O) groups excluding carboxylic acids is 2. The second kappa shape index (κ2) is 10.0. The highest BCUT2D eigenvalue weighted by molar-refractivity contribution is 7.15. The highest BCUT2D eigenvalue weighted by Crippen LogP contribution is 2.38. The molecular formula is C23H28FNO3S. The first-order chi connectivity index (χ1) is 14.0. The maximum absolute atomic E-state index is 13.3. The Hall–Kier alpha value is -2.21. The lowest BCUT2D eigenvalue weighted by Gasteiger charge is -2.27. The molecule has 6 heteroatoms. The van der Waals surface area contributed by atoms with Crippen molar-refractivity contribution in [2.45, 2.75) is 51.9 Å². The van der Waals surface area contributed by atoms with Crippen molar-refractivity contribution in [2.75, 3.05) is 12.4 Å². The Bertz CT molecular complexity index is 838. The van der Waals surface area contributed by atoms with Gasteiger partial charge in [-0.2, -0.15) is 0 Å². The van der Waals surface area contributed by atoms with Crippen LogP contribution in [0.15, 0.2) is 29.6 Å². The molecule has 1 aliphatic carbocycles. The minimum atomic E-state index is -0.510. The van der Waals surface area contributed by atoms with Crippen LogP contribution in [0.1, 0.15) is 62.2 Å². The molecule has 0 spiro atoms. The number of thiophene rings is 1. The van der Waals surface area contributed by atoms with E-state index in [2.05, 4.69) is 12.2 Å². The first-order valence-electron chi connectivity index (χ1n) is 10.3. The Balaban J connectivity index is 1.73. The molecule has 0 aliphatic heterocycles. The number of ether oxygens (including phenoxy) is 1. The number of hydrogen-bond acceptors (Lipinski definition) is 4. The van der Waals surface area contributed by atoms with Crippen molar-refractivity contribution >= 4 is 28.2 Å². The average molecular weight is 418 g/mol. The Morgan fingerprint density at radius 1 is 1.17 bits per heavy atom. The molecule has 1 amide bonds. The lowest BCUT2D eigenvalue weighted by molar-refractivity contribution is -0.121. The van der Waals surface area contributed by atoms with E-state index in [9.17, 15) is 14.0 Å². The topological polar surface area (TPSA) is 55.4 Å². The lowest BCUT2D eigenvalue weighted by Crippen LogP contribution is -2.27. The SMILES string of the molecule is CCCCC1CCC(C(=O)Nc2scc(-c3ccc(F)cc3)c2C(=O)OC)CC1. The molecule has 0 atom stereocenters. The number of benzene rings is 1. The van der Waals surface area contributed by atoms with Gasteiger partial charge in [0.15, 0.2) is 0 Å². The Kier molecular flexibility index (Phi) is 7.42. The van der Waals surface area contributed by atoms with Gasteiger partial charge in [-0.1, -0.05) is 38.3 Å². The van der Waals surface area contributed by atoms with Crippen molar-refractivity contribution in [3.05, 3.63) is 41.0 Å². The monoisotopic (exact) mass is 417 g/mol. The smallest absolute Gasteiger partial charge is 0.341 e. The molecule has 1 aliphatic rings. The molecular weight excluding hydrogens is 389 g/mol. The third-order valence-corrected chi connectivity index (χ3v) is 6.65. The fourth-order valence-corrected chi connectivity index (χ4v) is 4.98. The Morgan fingerprint density at radius 3 is 2.48 bits per heavy atom. The van der Waals surface area contributed by atoms with Crippen LogP contribution < -0.4 is 5.32 Å². The van der Waals surface area contributed by atoms with E-state index in [1.807, 2.05) is 0 Å². The van der Waals surface area contributed by atoms with Gasteiger partial charge < -0.3 is 10.1 Å². The van der Waals surface area contributed by atoms with E-state index in [0.717, 1.165) is 31.6 Å². The minimum Gasteiger partial charge on any atom is -0.465 e. The van der Waals surface area contributed by atoms with Gasteiger partial charge in [0.2, 0.25) is 5.91 Å². The molecule has 1 fully saturated rings. The standard InChI is InChI=1S/C23H28FNO3S/c1-3-4-5-15-6-8-17(9-7-15)21(26)25-22-20(23(27)28-2)19(14-29-22)16-10-12-18(24)13-11-16/h10-15,17H,3-9H2,1-2H3,(H,25,26). The molecule has 0 radical (unpaired) electrons. The molecule has 3 rings (SSSR count). The summed E-state index contributed by atoms with van der Waals surface area (Å²) in [7, 11) is 1.32. The summed E-state index contributed by atoms with van der Waals surface area (Å²) in [6.07, 6.45) is 7.69. The molecule has 29 heavy (non-hydrogen) atoms. The van der Waals surface area contributed by atoms with Crippen LogP contribution in [0.25, 0.3) is 11.1 Å². The first-order valence-corrected chi connectivity index (χ1v) is 11.2. The van der Waals surface area contributed by atoms with Crippen LogP contribution in [0.2, 0.25) is 0 Å². The third-order valence-electron chi connectivity index (χ3n) is 5.76. The fourth-order valence-electron chi connectivity index (χ4n) is 4.02. The number of carbonyl (C=O) groups is 2. The van der Waals surface area contributed by atoms with Crippen molar-refractivity contribution < 1.29 is 18.7 Å². The van der Waals surface area contributed by atoms with Gasteiger partial charge in [0.25, 0.3) is 0 Å². The molecule has 0 unspecified atom stereocenters. The molecule has 2 aromatic rings. The number of nitrogens with one attached hydrogen (secondary N) is 1. The summed E-state index contributed by atoms with van der Waals surface area (Å²) in [4.78, 5) is 25.3. The molecule has 0 saturated heterocycles. The zero-order chi connectivity index (χ0) is 20.8. The molecule has 1 N–H and O–H groups in total. The molecule has 1 aromatic heterocycles. The predicted molar refractivity (Wildman–Crippen MR) is 115 cm³/mol. The van der Waals surface area contributed by atoms with E-state index in [1.54, 1.807) is 17.5 Å². The summed E-state index contributed by atoms with van der Waals surface area (Å²) in [6, 6.07) is 5.94. The maximum Gasteiger partial charge on any atom is 0.341 e. The number of amides is 1. The Labute approximate surface area is 175 Å². The number of rotatable bonds is 7.